The van der Waals surface area contributed by atoms with E-state index in [9.17, 15) is 9.59 Å². The van der Waals surface area contributed by atoms with Crippen molar-refractivity contribution in [1.29, 1.82) is 0 Å². The zero-order valence-electron chi connectivity index (χ0n) is 19.7. The fourth-order valence-electron chi connectivity index (χ4n) is 3.88. The summed E-state index contributed by atoms with van der Waals surface area (Å²) in [5.41, 5.74) is 2.00. The van der Waals surface area contributed by atoms with Crippen molar-refractivity contribution in [2.24, 2.45) is 4.99 Å². The van der Waals surface area contributed by atoms with Crippen LogP contribution in [0.2, 0.25) is 5.02 Å². The van der Waals surface area contributed by atoms with E-state index in [-0.39, 0.29) is 11.7 Å². The largest absolute Gasteiger partial charge is 0.493 e. The molecule has 0 spiro atoms. The summed E-state index contributed by atoms with van der Waals surface area (Å²) in [6, 6.07) is 12.1. The number of fused-ring (bicyclic) bond motifs is 1. The van der Waals surface area contributed by atoms with Gasteiger partial charge in [-0.25, -0.2) is 9.79 Å². The molecule has 0 radical (unpaired) electrons. The van der Waals surface area contributed by atoms with E-state index in [1.807, 2.05) is 43.3 Å². The number of allylic oxidation sites excluding steroid dienone is 1. The molecule has 2 heterocycles. The number of hydrogen-bond donors (Lipinski definition) is 0. The van der Waals surface area contributed by atoms with Crippen LogP contribution in [0.25, 0.3) is 6.08 Å². The third kappa shape index (κ3) is 5.15. The first kappa shape index (κ1) is 25.4. The van der Waals surface area contributed by atoms with Crippen molar-refractivity contribution in [3.63, 3.8) is 0 Å². The van der Waals surface area contributed by atoms with E-state index in [4.69, 9.17) is 21.1 Å². The van der Waals surface area contributed by atoms with Gasteiger partial charge >= 0.3 is 5.97 Å². The van der Waals surface area contributed by atoms with Crippen LogP contribution in [0.4, 0.5) is 0 Å². The summed E-state index contributed by atoms with van der Waals surface area (Å²) in [5, 5.41) is 0.451. The monoisotopic (exact) mass is 574 g/mol. The standard InChI is InChI=1S/C26H24BrClN2O4S/c1-5-33-20-11-10-16(12-18(20)27)13-21-24(31)30-23(17-8-6-7-9-19(17)28)22(25(32)34-14(2)3)15(4)29-26(30)35-21/h6-14,23H,5H2,1-4H3. The predicted molar refractivity (Wildman–Crippen MR) is 142 cm³/mol. The van der Waals surface area contributed by atoms with E-state index >= 15 is 0 Å². The number of carbonyl (C=O) groups is 1. The molecule has 3 aromatic rings. The van der Waals surface area contributed by atoms with Gasteiger partial charge in [0.05, 0.1) is 33.0 Å². The molecule has 2 aromatic carbocycles. The molecule has 182 valence electrons. The number of benzene rings is 2. The van der Waals surface area contributed by atoms with E-state index in [0.717, 1.165) is 15.8 Å². The summed E-state index contributed by atoms with van der Waals surface area (Å²) in [5.74, 6) is 0.213. The average molecular weight is 576 g/mol. The lowest BCUT2D eigenvalue weighted by Crippen LogP contribution is -2.40. The van der Waals surface area contributed by atoms with Crippen molar-refractivity contribution in [3.05, 3.63) is 94.0 Å². The molecule has 0 saturated carbocycles. The zero-order chi connectivity index (χ0) is 25.3. The SMILES string of the molecule is CCOc1ccc(C=c2sc3n(c2=O)C(c2ccccc2Cl)C(C(=O)OC(C)C)=C(C)N=3)cc1Br. The maximum atomic E-state index is 13.7. The Kier molecular flexibility index (Phi) is 7.64. The molecule has 0 saturated heterocycles. The topological polar surface area (TPSA) is 69.9 Å². The first-order valence-corrected chi connectivity index (χ1v) is 13.1. The second-order valence-electron chi connectivity index (χ2n) is 8.18. The summed E-state index contributed by atoms with van der Waals surface area (Å²) >= 11 is 11.3. The van der Waals surface area contributed by atoms with Gasteiger partial charge in [0.25, 0.3) is 5.56 Å². The number of carbonyl (C=O) groups excluding carboxylic acids is 1. The molecule has 4 rings (SSSR count). The van der Waals surface area contributed by atoms with Gasteiger partial charge in [0, 0.05) is 5.02 Å². The van der Waals surface area contributed by atoms with Crippen molar-refractivity contribution in [2.75, 3.05) is 6.61 Å². The Hall–Kier alpha value is -2.68. The Balaban J connectivity index is 1.91. The number of halogens is 2. The number of aromatic nitrogens is 1. The minimum atomic E-state index is -0.750. The van der Waals surface area contributed by atoms with Crippen molar-refractivity contribution in [3.8, 4) is 5.75 Å². The van der Waals surface area contributed by atoms with Gasteiger partial charge in [0.1, 0.15) is 11.8 Å². The van der Waals surface area contributed by atoms with Gasteiger partial charge < -0.3 is 9.47 Å². The molecule has 1 atom stereocenters. The lowest BCUT2D eigenvalue weighted by molar-refractivity contribution is -0.143. The van der Waals surface area contributed by atoms with Crippen LogP contribution in [0.1, 0.15) is 44.9 Å². The van der Waals surface area contributed by atoms with Gasteiger partial charge in [-0.3, -0.25) is 9.36 Å². The minimum Gasteiger partial charge on any atom is -0.493 e. The average Bonchev–Trinajstić information content (AvgIpc) is 3.09. The van der Waals surface area contributed by atoms with Crippen molar-refractivity contribution in [1.82, 2.24) is 4.57 Å². The molecule has 1 aliphatic heterocycles. The molecular formula is C26H24BrClN2O4S. The predicted octanol–water partition coefficient (Wildman–Crippen LogP) is 5.00. The van der Waals surface area contributed by atoms with E-state index in [2.05, 4.69) is 20.9 Å². The van der Waals surface area contributed by atoms with Gasteiger partial charge in [-0.15, -0.1) is 0 Å². The first-order valence-electron chi connectivity index (χ1n) is 11.1. The summed E-state index contributed by atoms with van der Waals surface area (Å²) < 4.78 is 13.9. The van der Waals surface area contributed by atoms with E-state index < -0.39 is 12.0 Å². The molecule has 0 aliphatic carbocycles. The van der Waals surface area contributed by atoms with E-state index in [0.29, 0.717) is 37.8 Å². The van der Waals surface area contributed by atoms with Crippen molar-refractivity contribution < 1.29 is 14.3 Å². The quantitative estimate of drug-likeness (QED) is 0.388. The number of esters is 1. The van der Waals surface area contributed by atoms with Gasteiger partial charge in [0.15, 0.2) is 4.80 Å². The maximum absolute atomic E-state index is 13.7. The number of ether oxygens (including phenoxy) is 2. The molecule has 1 aliphatic rings. The summed E-state index contributed by atoms with van der Waals surface area (Å²) in [7, 11) is 0. The minimum absolute atomic E-state index is 0.258. The molecule has 9 heteroatoms. The van der Waals surface area contributed by atoms with Crippen molar-refractivity contribution >= 4 is 50.9 Å². The second-order valence-corrected chi connectivity index (χ2v) is 10.5. The van der Waals surface area contributed by atoms with Crippen LogP contribution in [0.3, 0.4) is 0 Å². The van der Waals surface area contributed by atoms with Gasteiger partial charge in [-0.1, -0.05) is 47.2 Å². The van der Waals surface area contributed by atoms with Gasteiger partial charge in [-0.2, -0.15) is 0 Å². The molecule has 6 nitrogen and oxygen atoms in total. The Morgan fingerprint density at radius 3 is 2.69 bits per heavy atom. The number of thiazole rings is 1. The van der Waals surface area contributed by atoms with E-state index in [1.165, 1.54) is 15.9 Å². The summed E-state index contributed by atoms with van der Waals surface area (Å²) in [6.07, 6.45) is 1.48. The number of rotatable bonds is 6. The molecule has 0 fully saturated rings. The Bertz CT molecular complexity index is 1510. The van der Waals surface area contributed by atoms with Crippen LogP contribution in [0.15, 0.2) is 68.0 Å². The van der Waals surface area contributed by atoms with Crippen LogP contribution in [0.5, 0.6) is 5.75 Å². The fourth-order valence-corrected chi connectivity index (χ4v) is 5.68. The molecule has 1 aromatic heterocycles. The number of hydrogen-bond acceptors (Lipinski definition) is 6. The normalized spacial score (nSPS) is 15.7. The second kappa shape index (κ2) is 10.5. The Morgan fingerprint density at radius 2 is 2.03 bits per heavy atom. The first-order chi connectivity index (χ1) is 16.7. The highest BCUT2D eigenvalue weighted by Crippen LogP contribution is 2.34. The van der Waals surface area contributed by atoms with Crippen LogP contribution in [-0.2, 0) is 9.53 Å². The fraction of sp³-hybridized carbons (Fsp3) is 0.269. The molecule has 0 N–H and O–H groups in total. The third-order valence-electron chi connectivity index (χ3n) is 5.34. The van der Waals surface area contributed by atoms with Crippen LogP contribution >= 0.6 is 38.9 Å². The van der Waals surface area contributed by atoms with Crippen LogP contribution in [-0.4, -0.2) is 23.2 Å². The summed E-state index contributed by atoms with van der Waals surface area (Å²) in [6.45, 7) is 7.79. The Labute approximate surface area is 220 Å². The van der Waals surface area contributed by atoms with Crippen molar-refractivity contribution in [2.45, 2.75) is 39.8 Å². The lowest BCUT2D eigenvalue weighted by Gasteiger charge is -2.26. The van der Waals surface area contributed by atoms with Crippen LogP contribution in [0, 0.1) is 0 Å². The molecule has 35 heavy (non-hydrogen) atoms. The molecule has 0 bridgehead atoms. The highest BCUT2D eigenvalue weighted by Gasteiger charge is 2.34. The smallest absolute Gasteiger partial charge is 0.338 e. The van der Waals surface area contributed by atoms with E-state index in [1.54, 1.807) is 32.9 Å². The number of nitrogens with zero attached hydrogens (tertiary/aromatic N) is 2. The summed E-state index contributed by atoms with van der Waals surface area (Å²) in [4.78, 5) is 31.9. The highest BCUT2D eigenvalue weighted by molar-refractivity contribution is 9.10. The molecule has 0 amide bonds. The zero-order valence-corrected chi connectivity index (χ0v) is 22.8. The Morgan fingerprint density at radius 1 is 1.29 bits per heavy atom. The molecule has 1 unspecified atom stereocenters. The maximum Gasteiger partial charge on any atom is 0.338 e. The van der Waals surface area contributed by atoms with Crippen LogP contribution < -0.4 is 19.6 Å². The lowest BCUT2D eigenvalue weighted by atomic mass is 9.96. The third-order valence-corrected chi connectivity index (χ3v) is 7.28. The highest BCUT2D eigenvalue weighted by atomic mass is 79.9. The van der Waals surface area contributed by atoms with Gasteiger partial charge in [-0.05, 0) is 79.0 Å². The molecular weight excluding hydrogens is 552 g/mol. The van der Waals surface area contributed by atoms with Gasteiger partial charge in [0.2, 0.25) is 0 Å².